The number of halogens is 2. The average Bonchev–Trinajstić information content (AvgIpc) is 2.81. The van der Waals surface area contributed by atoms with Crippen LogP contribution in [0.3, 0.4) is 0 Å². The molecule has 1 fully saturated rings. The molecule has 0 aliphatic carbocycles. The summed E-state index contributed by atoms with van der Waals surface area (Å²) in [5, 5.41) is 3.95. The molecular weight excluding hydrogens is 337 g/mol. The normalized spacial score (nSPS) is 14.9. The van der Waals surface area contributed by atoms with E-state index in [1.165, 1.54) is 0 Å². The number of nitrogens with zero attached hydrogens (tertiary/aromatic N) is 2. The number of aromatic nitrogens is 1. The van der Waals surface area contributed by atoms with E-state index in [-0.39, 0.29) is 24.7 Å². The first-order valence-corrected chi connectivity index (χ1v) is 7.79. The minimum Gasteiger partial charge on any atom is -0.444 e. The molecule has 7 heteroatoms. The highest BCUT2D eigenvalue weighted by Crippen LogP contribution is 2.21. The Kier molecular flexibility index (Phi) is 6.45. The second-order valence-electron chi connectivity index (χ2n) is 5.31. The fourth-order valence-corrected chi connectivity index (χ4v) is 2.60. The fourth-order valence-electron chi connectivity index (χ4n) is 2.48. The largest absolute Gasteiger partial charge is 0.444 e. The first-order chi connectivity index (χ1) is 10.7. The third-order valence-electron chi connectivity index (χ3n) is 3.67. The van der Waals surface area contributed by atoms with Crippen LogP contribution in [0.25, 0.3) is 11.5 Å². The monoisotopic (exact) mass is 355 g/mol. The standard InChI is InChI=1S/C16H18ClN3O2.ClH/c17-13-4-2-12(3-5-13)16-19-14(11-22-16)10-15(21)20-8-1-6-18-7-9-20;/h2-5,11,18H,1,6-10H2;1H. The van der Waals surface area contributed by atoms with Crippen molar-refractivity contribution in [2.45, 2.75) is 12.8 Å². The van der Waals surface area contributed by atoms with Gasteiger partial charge in [-0.05, 0) is 37.2 Å². The molecule has 1 aliphatic rings. The third-order valence-corrected chi connectivity index (χ3v) is 3.92. The Morgan fingerprint density at radius 1 is 1.26 bits per heavy atom. The second-order valence-corrected chi connectivity index (χ2v) is 5.75. The Morgan fingerprint density at radius 3 is 2.83 bits per heavy atom. The molecule has 1 saturated heterocycles. The van der Waals surface area contributed by atoms with E-state index in [4.69, 9.17) is 16.0 Å². The molecule has 0 bridgehead atoms. The van der Waals surface area contributed by atoms with Crippen LogP contribution >= 0.6 is 24.0 Å². The Bertz CT molecular complexity index is 635. The van der Waals surface area contributed by atoms with Crippen molar-refractivity contribution in [1.29, 1.82) is 0 Å². The van der Waals surface area contributed by atoms with Gasteiger partial charge in [0, 0.05) is 30.2 Å². The minimum absolute atomic E-state index is 0. The summed E-state index contributed by atoms with van der Waals surface area (Å²) in [6, 6.07) is 7.27. The number of hydrogen-bond acceptors (Lipinski definition) is 4. The van der Waals surface area contributed by atoms with Crippen molar-refractivity contribution in [1.82, 2.24) is 15.2 Å². The summed E-state index contributed by atoms with van der Waals surface area (Å²) < 4.78 is 5.47. The summed E-state index contributed by atoms with van der Waals surface area (Å²) in [6.07, 6.45) is 2.82. The summed E-state index contributed by atoms with van der Waals surface area (Å²) in [5.41, 5.74) is 1.51. The van der Waals surface area contributed by atoms with Crippen LogP contribution in [-0.4, -0.2) is 42.0 Å². The molecule has 23 heavy (non-hydrogen) atoms. The van der Waals surface area contributed by atoms with E-state index in [0.29, 0.717) is 16.6 Å². The van der Waals surface area contributed by atoms with Gasteiger partial charge >= 0.3 is 0 Å². The Balaban J connectivity index is 0.00000192. The number of nitrogens with one attached hydrogen (secondary N) is 1. The van der Waals surface area contributed by atoms with Crippen molar-refractivity contribution >= 4 is 29.9 Å². The summed E-state index contributed by atoms with van der Waals surface area (Å²) in [7, 11) is 0. The van der Waals surface area contributed by atoms with Gasteiger partial charge in [-0.15, -0.1) is 12.4 Å². The molecule has 0 unspecified atom stereocenters. The number of oxazole rings is 1. The van der Waals surface area contributed by atoms with Crippen molar-refractivity contribution in [3.8, 4) is 11.5 Å². The van der Waals surface area contributed by atoms with E-state index < -0.39 is 0 Å². The van der Waals surface area contributed by atoms with Crippen molar-refractivity contribution < 1.29 is 9.21 Å². The maximum absolute atomic E-state index is 12.3. The number of carbonyl (C=O) groups excluding carboxylic acids is 1. The molecule has 2 aromatic rings. The van der Waals surface area contributed by atoms with Gasteiger partial charge in [0.25, 0.3) is 0 Å². The van der Waals surface area contributed by atoms with Crippen LogP contribution in [0.15, 0.2) is 34.9 Å². The van der Waals surface area contributed by atoms with E-state index in [9.17, 15) is 4.79 Å². The van der Waals surface area contributed by atoms with Crippen molar-refractivity contribution in [3.05, 3.63) is 41.2 Å². The number of hydrogen-bond donors (Lipinski definition) is 1. The van der Waals surface area contributed by atoms with Gasteiger partial charge in [0.05, 0.1) is 12.1 Å². The lowest BCUT2D eigenvalue weighted by molar-refractivity contribution is -0.130. The second kappa shape index (κ2) is 8.34. The highest BCUT2D eigenvalue weighted by Gasteiger charge is 2.17. The van der Waals surface area contributed by atoms with Crippen LogP contribution in [0.1, 0.15) is 12.1 Å². The summed E-state index contributed by atoms with van der Waals surface area (Å²) in [5.74, 6) is 0.608. The van der Waals surface area contributed by atoms with Crippen LogP contribution in [0, 0.1) is 0 Å². The van der Waals surface area contributed by atoms with E-state index in [2.05, 4.69) is 10.3 Å². The zero-order valence-corrected chi connectivity index (χ0v) is 14.2. The van der Waals surface area contributed by atoms with Gasteiger partial charge in [0.2, 0.25) is 11.8 Å². The van der Waals surface area contributed by atoms with Crippen LogP contribution in [0.5, 0.6) is 0 Å². The summed E-state index contributed by atoms with van der Waals surface area (Å²) in [6.45, 7) is 3.36. The predicted molar refractivity (Wildman–Crippen MR) is 92.0 cm³/mol. The summed E-state index contributed by atoms with van der Waals surface area (Å²) >= 11 is 5.87. The predicted octanol–water partition coefficient (Wildman–Crippen LogP) is 2.78. The zero-order valence-electron chi connectivity index (χ0n) is 12.6. The lowest BCUT2D eigenvalue weighted by Crippen LogP contribution is -2.35. The average molecular weight is 356 g/mol. The van der Waals surface area contributed by atoms with E-state index in [0.717, 1.165) is 38.2 Å². The minimum atomic E-state index is 0. The summed E-state index contributed by atoms with van der Waals surface area (Å²) in [4.78, 5) is 18.6. The zero-order chi connectivity index (χ0) is 15.4. The van der Waals surface area contributed by atoms with Crippen LogP contribution < -0.4 is 5.32 Å². The van der Waals surface area contributed by atoms with Gasteiger partial charge in [-0.3, -0.25) is 4.79 Å². The topological polar surface area (TPSA) is 58.4 Å². The number of carbonyl (C=O) groups is 1. The van der Waals surface area contributed by atoms with Crippen molar-refractivity contribution in [3.63, 3.8) is 0 Å². The van der Waals surface area contributed by atoms with Gasteiger partial charge in [-0.1, -0.05) is 11.6 Å². The molecule has 5 nitrogen and oxygen atoms in total. The lowest BCUT2D eigenvalue weighted by Gasteiger charge is -2.19. The molecule has 0 radical (unpaired) electrons. The molecule has 1 N–H and O–H groups in total. The molecule has 3 rings (SSSR count). The molecule has 0 saturated carbocycles. The molecule has 1 amide bonds. The quantitative estimate of drug-likeness (QED) is 0.919. The number of amides is 1. The van der Waals surface area contributed by atoms with E-state index in [1.807, 2.05) is 17.0 Å². The smallest absolute Gasteiger partial charge is 0.228 e. The highest BCUT2D eigenvalue weighted by molar-refractivity contribution is 6.30. The molecule has 124 valence electrons. The van der Waals surface area contributed by atoms with Gasteiger partial charge in [-0.2, -0.15) is 0 Å². The van der Waals surface area contributed by atoms with Gasteiger partial charge in [-0.25, -0.2) is 4.98 Å². The van der Waals surface area contributed by atoms with Gasteiger partial charge < -0.3 is 14.6 Å². The molecule has 1 aliphatic heterocycles. The molecule has 0 atom stereocenters. The lowest BCUT2D eigenvalue weighted by atomic mass is 10.2. The maximum atomic E-state index is 12.3. The van der Waals surface area contributed by atoms with Crippen LogP contribution in [-0.2, 0) is 11.2 Å². The Labute approximate surface area is 146 Å². The molecular formula is C16H19Cl2N3O2. The van der Waals surface area contributed by atoms with Gasteiger partial charge in [0.1, 0.15) is 6.26 Å². The van der Waals surface area contributed by atoms with Crippen LogP contribution in [0.2, 0.25) is 5.02 Å². The molecule has 1 aromatic carbocycles. The SMILES string of the molecule is Cl.O=C(Cc1coc(-c2ccc(Cl)cc2)n1)N1CCCNCC1. The number of rotatable bonds is 3. The van der Waals surface area contributed by atoms with Crippen molar-refractivity contribution in [2.75, 3.05) is 26.2 Å². The first kappa shape index (κ1) is 17.8. The third kappa shape index (κ3) is 4.70. The molecule has 1 aromatic heterocycles. The fraction of sp³-hybridized carbons (Fsp3) is 0.375. The Morgan fingerprint density at radius 2 is 2.04 bits per heavy atom. The highest BCUT2D eigenvalue weighted by atomic mass is 35.5. The molecule has 0 spiro atoms. The van der Waals surface area contributed by atoms with Crippen molar-refractivity contribution in [2.24, 2.45) is 0 Å². The van der Waals surface area contributed by atoms with Crippen LogP contribution in [0.4, 0.5) is 0 Å². The number of benzene rings is 1. The van der Waals surface area contributed by atoms with E-state index in [1.54, 1.807) is 18.4 Å². The molecule has 2 heterocycles. The van der Waals surface area contributed by atoms with E-state index >= 15 is 0 Å². The maximum Gasteiger partial charge on any atom is 0.228 e. The first-order valence-electron chi connectivity index (χ1n) is 7.41. The van der Waals surface area contributed by atoms with Gasteiger partial charge in [0.15, 0.2) is 0 Å². The Hall–Kier alpha value is -1.56.